The van der Waals surface area contributed by atoms with Crippen molar-refractivity contribution in [3.8, 4) is 0 Å². The number of nitrogens with two attached hydrogens (primary N) is 1. The van der Waals surface area contributed by atoms with Crippen molar-refractivity contribution in [2.75, 3.05) is 12.0 Å². The van der Waals surface area contributed by atoms with Gasteiger partial charge in [0.15, 0.2) is 9.84 Å². The fourth-order valence-electron chi connectivity index (χ4n) is 1.68. The second kappa shape index (κ2) is 6.06. The molecule has 106 valence electrons. The minimum absolute atomic E-state index is 0.154. The molecule has 5 nitrogen and oxygen atoms in total. The first-order valence-corrected chi connectivity index (χ1v) is 7.93. The molecule has 0 aliphatic rings. The van der Waals surface area contributed by atoms with Gasteiger partial charge >= 0.3 is 5.97 Å². The average Bonchev–Trinajstić information content (AvgIpc) is 2.27. The molecular formula is C13H19NO4S. The first kappa shape index (κ1) is 15.5. The molecule has 1 aromatic carbocycles. The SMILES string of the molecule is CCCC(=O)OC(C)c1ccc(S(C)(=O)=O)cc1N. The van der Waals surface area contributed by atoms with Crippen molar-refractivity contribution in [2.45, 2.75) is 37.7 Å². The summed E-state index contributed by atoms with van der Waals surface area (Å²) in [5, 5.41) is 0. The molecule has 0 radical (unpaired) electrons. The molecule has 0 saturated heterocycles. The molecule has 0 saturated carbocycles. The fourth-order valence-corrected chi connectivity index (χ4v) is 2.33. The molecule has 1 unspecified atom stereocenters. The van der Waals surface area contributed by atoms with Gasteiger partial charge in [-0.1, -0.05) is 13.0 Å². The molecule has 0 spiro atoms. The highest BCUT2D eigenvalue weighted by molar-refractivity contribution is 7.90. The van der Waals surface area contributed by atoms with Crippen LogP contribution in [0.25, 0.3) is 0 Å². The molecule has 0 bridgehead atoms. The molecule has 0 aliphatic carbocycles. The highest BCUT2D eigenvalue weighted by Gasteiger charge is 2.16. The Morgan fingerprint density at radius 1 is 1.42 bits per heavy atom. The Morgan fingerprint density at radius 2 is 2.05 bits per heavy atom. The van der Waals surface area contributed by atoms with E-state index < -0.39 is 15.9 Å². The number of esters is 1. The Bertz CT molecular complexity index is 566. The maximum Gasteiger partial charge on any atom is 0.306 e. The van der Waals surface area contributed by atoms with E-state index in [-0.39, 0.29) is 10.9 Å². The summed E-state index contributed by atoms with van der Waals surface area (Å²) in [5.41, 5.74) is 6.73. The van der Waals surface area contributed by atoms with E-state index in [1.807, 2.05) is 6.92 Å². The summed E-state index contributed by atoms with van der Waals surface area (Å²) in [5.74, 6) is -0.290. The van der Waals surface area contributed by atoms with Crippen LogP contribution >= 0.6 is 0 Å². The molecule has 0 aliphatic heterocycles. The van der Waals surface area contributed by atoms with E-state index in [1.54, 1.807) is 13.0 Å². The fraction of sp³-hybridized carbons (Fsp3) is 0.462. The molecule has 0 fully saturated rings. The number of carbonyl (C=O) groups is 1. The maximum absolute atomic E-state index is 11.4. The van der Waals surface area contributed by atoms with Crippen molar-refractivity contribution < 1.29 is 17.9 Å². The molecule has 1 rings (SSSR count). The minimum atomic E-state index is -3.29. The predicted octanol–water partition coefficient (Wildman–Crippen LogP) is 2.08. The van der Waals surface area contributed by atoms with Gasteiger partial charge in [-0.2, -0.15) is 0 Å². The number of sulfone groups is 1. The van der Waals surface area contributed by atoms with E-state index >= 15 is 0 Å². The lowest BCUT2D eigenvalue weighted by Crippen LogP contribution is -2.10. The van der Waals surface area contributed by atoms with E-state index in [9.17, 15) is 13.2 Å². The van der Waals surface area contributed by atoms with Gasteiger partial charge in [0.2, 0.25) is 0 Å². The van der Waals surface area contributed by atoms with Crippen molar-refractivity contribution in [3.05, 3.63) is 23.8 Å². The van der Waals surface area contributed by atoms with Gasteiger partial charge in [-0.3, -0.25) is 4.79 Å². The number of nitrogen functional groups attached to an aromatic ring is 1. The zero-order chi connectivity index (χ0) is 14.6. The van der Waals surface area contributed by atoms with Gasteiger partial charge in [-0.05, 0) is 25.5 Å². The van der Waals surface area contributed by atoms with Crippen molar-refractivity contribution >= 4 is 21.5 Å². The Morgan fingerprint density at radius 3 is 2.53 bits per heavy atom. The lowest BCUT2D eigenvalue weighted by Gasteiger charge is -2.16. The molecule has 0 heterocycles. The molecular weight excluding hydrogens is 266 g/mol. The van der Waals surface area contributed by atoms with Crippen LogP contribution in [0.3, 0.4) is 0 Å². The Kier molecular flexibility index (Phi) is 4.94. The third kappa shape index (κ3) is 4.24. The van der Waals surface area contributed by atoms with Crippen LogP contribution in [-0.4, -0.2) is 20.6 Å². The van der Waals surface area contributed by atoms with Gasteiger partial charge < -0.3 is 10.5 Å². The molecule has 0 aromatic heterocycles. The summed E-state index contributed by atoms with van der Waals surface area (Å²) < 4.78 is 28.0. The summed E-state index contributed by atoms with van der Waals surface area (Å²) in [6.07, 6.45) is 1.69. The van der Waals surface area contributed by atoms with Crippen molar-refractivity contribution in [1.82, 2.24) is 0 Å². The summed E-state index contributed by atoms with van der Waals surface area (Å²) in [6.45, 7) is 3.60. The van der Waals surface area contributed by atoms with Gasteiger partial charge in [0, 0.05) is 23.9 Å². The van der Waals surface area contributed by atoms with E-state index in [4.69, 9.17) is 10.5 Å². The number of anilines is 1. The van der Waals surface area contributed by atoms with E-state index in [0.29, 0.717) is 24.1 Å². The minimum Gasteiger partial charge on any atom is -0.458 e. The molecule has 1 atom stereocenters. The van der Waals surface area contributed by atoms with Crippen LogP contribution < -0.4 is 5.73 Å². The number of rotatable bonds is 5. The molecule has 19 heavy (non-hydrogen) atoms. The number of hydrogen-bond acceptors (Lipinski definition) is 5. The Labute approximate surface area is 113 Å². The van der Waals surface area contributed by atoms with Crippen molar-refractivity contribution in [3.63, 3.8) is 0 Å². The number of benzene rings is 1. The molecule has 6 heteroatoms. The van der Waals surface area contributed by atoms with E-state index in [0.717, 1.165) is 6.26 Å². The summed E-state index contributed by atoms with van der Waals surface area (Å²) >= 11 is 0. The lowest BCUT2D eigenvalue weighted by atomic mass is 10.1. The maximum atomic E-state index is 11.4. The van der Waals surface area contributed by atoms with Crippen LogP contribution in [0.4, 0.5) is 5.69 Å². The normalized spacial score (nSPS) is 13.0. The first-order valence-electron chi connectivity index (χ1n) is 6.04. The van der Waals surface area contributed by atoms with Crippen LogP contribution in [0.15, 0.2) is 23.1 Å². The molecule has 0 amide bonds. The number of carbonyl (C=O) groups excluding carboxylic acids is 1. The standard InChI is InChI=1S/C13H19NO4S/c1-4-5-13(15)18-9(2)11-7-6-10(8-12(11)14)19(3,16)17/h6-9H,4-5,14H2,1-3H3. The van der Waals surface area contributed by atoms with Crippen LogP contribution in [0.5, 0.6) is 0 Å². The second-order valence-corrected chi connectivity index (χ2v) is 6.46. The van der Waals surface area contributed by atoms with Crippen LogP contribution in [0, 0.1) is 0 Å². The zero-order valence-electron chi connectivity index (χ0n) is 11.3. The van der Waals surface area contributed by atoms with Gasteiger partial charge in [-0.25, -0.2) is 8.42 Å². The third-order valence-electron chi connectivity index (χ3n) is 2.69. The van der Waals surface area contributed by atoms with E-state index in [2.05, 4.69) is 0 Å². The Hall–Kier alpha value is -1.56. The highest BCUT2D eigenvalue weighted by atomic mass is 32.2. The monoisotopic (exact) mass is 285 g/mol. The third-order valence-corrected chi connectivity index (χ3v) is 3.80. The van der Waals surface area contributed by atoms with Gasteiger partial charge in [0.25, 0.3) is 0 Å². The summed E-state index contributed by atoms with van der Waals surface area (Å²) in [6, 6.07) is 4.43. The van der Waals surface area contributed by atoms with Crippen LogP contribution in [-0.2, 0) is 19.4 Å². The summed E-state index contributed by atoms with van der Waals surface area (Å²) in [7, 11) is -3.29. The van der Waals surface area contributed by atoms with Gasteiger partial charge in [-0.15, -0.1) is 0 Å². The van der Waals surface area contributed by atoms with Crippen LogP contribution in [0.2, 0.25) is 0 Å². The van der Waals surface area contributed by atoms with Crippen molar-refractivity contribution in [1.29, 1.82) is 0 Å². The first-order chi connectivity index (χ1) is 8.75. The molecule has 1 aromatic rings. The zero-order valence-corrected chi connectivity index (χ0v) is 12.2. The predicted molar refractivity (Wildman–Crippen MR) is 73.4 cm³/mol. The lowest BCUT2D eigenvalue weighted by molar-refractivity contribution is -0.148. The van der Waals surface area contributed by atoms with Gasteiger partial charge in [0.05, 0.1) is 4.90 Å². The van der Waals surface area contributed by atoms with Crippen LogP contribution in [0.1, 0.15) is 38.4 Å². The van der Waals surface area contributed by atoms with Crippen molar-refractivity contribution in [2.24, 2.45) is 0 Å². The highest BCUT2D eigenvalue weighted by Crippen LogP contribution is 2.26. The molecule has 2 N–H and O–H groups in total. The second-order valence-electron chi connectivity index (χ2n) is 4.44. The smallest absolute Gasteiger partial charge is 0.306 e. The summed E-state index contributed by atoms with van der Waals surface area (Å²) in [4.78, 5) is 11.6. The largest absolute Gasteiger partial charge is 0.458 e. The number of hydrogen-bond donors (Lipinski definition) is 1. The quantitative estimate of drug-likeness (QED) is 0.661. The van der Waals surface area contributed by atoms with Gasteiger partial charge in [0.1, 0.15) is 6.10 Å². The topological polar surface area (TPSA) is 86.5 Å². The number of ether oxygens (including phenoxy) is 1. The Balaban J connectivity index is 2.94. The average molecular weight is 285 g/mol. The van der Waals surface area contributed by atoms with E-state index in [1.165, 1.54) is 12.1 Å².